The van der Waals surface area contributed by atoms with Crippen LogP contribution in [0.4, 0.5) is 4.79 Å². The Hall–Kier alpha value is -3.97. The molecule has 0 fully saturated rings. The summed E-state index contributed by atoms with van der Waals surface area (Å²) in [6.07, 6.45) is 0.189. The fourth-order valence-electron chi connectivity index (χ4n) is 3.70. The van der Waals surface area contributed by atoms with Crippen LogP contribution >= 0.6 is 11.6 Å². The molecule has 7 nitrogen and oxygen atoms in total. The second-order valence-electron chi connectivity index (χ2n) is 8.30. The Balaban J connectivity index is 1.28. The lowest BCUT2D eigenvalue weighted by atomic mass is 10.2. The molecule has 4 aromatic rings. The molecule has 0 spiro atoms. The van der Waals surface area contributed by atoms with Gasteiger partial charge in [0.15, 0.2) is 0 Å². The molecule has 37 heavy (non-hydrogen) atoms. The first-order valence-electron chi connectivity index (χ1n) is 12.0. The molecule has 0 aliphatic carbocycles. The third-order valence-corrected chi connectivity index (χ3v) is 6.14. The van der Waals surface area contributed by atoms with Crippen molar-refractivity contribution >= 4 is 17.7 Å². The molecule has 0 aliphatic heterocycles. The molecule has 0 aliphatic rings. The van der Waals surface area contributed by atoms with E-state index >= 15 is 0 Å². The van der Waals surface area contributed by atoms with Gasteiger partial charge in [0.2, 0.25) is 5.89 Å². The number of nitrogens with zero attached hydrogens (tertiary/aromatic N) is 2. The number of methoxy groups -OCH3 is 1. The maximum atomic E-state index is 12.6. The molecule has 192 valence electrons. The number of aryl methyl sites for hydroxylation is 1. The summed E-state index contributed by atoms with van der Waals surface area (Å²) in [5, 5.41) is 0.599. The minimum Gasteiger partial charge on any atom is -0.497 e. The summed E-state index contributed by atoms with van der Waals surface area (Å²) in [4.78, 5) is 18.8. The summed E-state index contributed by atoms with van der Waals surface area (Å²) in [6.45, 7) is 5.19. The first kappa shape index (κ1) is 26.1. The van der Waals surface area contributed by atoms with Crippen LogP contribution in [0.2, 0.25) is 5.02 Å². The van der Waals surface area contributed by atoms with Gasteiger partial charge in [-0.25, -0.2) is 9.78 Å². The highest BCUT2D eigenvalue weighted by atomic mass is 35.5. The summed E-state index contributed by atoms with van der Waals surface area (Å²) in [6, 6.07) is 22.0. The largest absolute Gasteiger partial charge is 0.497 e. The maximum Gasteiger partial charge on any atom is 0.415 e. The quantitative estimate of drug-likeness (QED) is 0.225. The standard InChI is InChI=1S/C29H29ClN2O5/c1-4-32(29(33)37-24-15-13-22(34-3)14-16-24)19-21-9-11-23(12-10-21)35-18-17-27-20(2)36-28(31-27)25-7-5-6-8-26(25)30/h5-16H,4,17-19H2,1-3H3. The molecule has 4 rings (SSSR count). The molecule has 0 N–H and O–H groups in total. The monoisotopic (exact) mass is 520 g/mol. The number of ether oxygens (including phenoxy) is 3. The second-order valence-corrected chi connectivity index (χ2v) is 8.71. The van der Waals surface area contributed by atoms with Gasteiger partial charge in [-0.05, 0) is 67.9 Å². The number of hydrogen-bond donors (Lipinski definition) is 0. The lowest BCUT2D eigenvalue weighted by Gasteiger charge is -2.20. The van der Waals surface area contributed by atoms with Crippen molar-refractivity contribution in [2.24, 2.45) is 0 Å². The van der Waals surface area contributed by atoms with E-state index in [1.54, 1.807) is 36.3 Å². The third-order valence-electron chi connectivity index (χ3n) is 5.81. The molecular formula is C29H29ClN2O5. The third kappa shape index (κ3) is 6.83. The molecular weight excluding hydrogens is 492 g/mol. The Kier molecular flexibility index (Phi) is 8.69. The van der Waals surface area contributed by atoms with Crippen LogP contribution in [0.5, 0.6) is 17.2 Å². The smallest absolute Gasteiger partial charge is 0.415 e. The molecule has 1 amide bonds. The van der Waals surface area contributed by atoms with Gasteiger partial charge in [0, 0.05) is 19.5 Å². The van der Waals surface area contributed by atoms with Crippen LogP contribution < -0.4 is 14.2 Å². The van der Waals surface area contributed by atoms with E-state index in [1.807, 2.05) is 62.4 Å². The number of carbonyl (C=O) groups is 1. The molecule has 0 saturated heterocycles. The van der Waals surface area contributed by atoms with Crippen molar-refractivity contribution in [3.63, 3.8) is 0 Å². The summed E-state index contributed by atoms with van der Waals surface area (Å²) < 4.78 is 22.3. The van der Waals surface area contributed by atoms with Crippen LogP contribution in [0.3, 0.4) is 0 Å². The van der Waals surface area contributed by atoms with Gasteiger partial charge in [-0.15, -0.1) is 0 Å². The van der Waals surface area contributed by atoms with E-state index in [0.29, 0.717) is 48.5 Å². The summed E-state index contributed by atoms with van der Waals surface area (Å²) in [5.74, 6) is 3.16. The van der Waals surface area contributed by atoms with Crippen molar-refractivity contribution in [3.8, 4) is 28.7 Å². The number of oxazole rings is 1. The minimum absolute atomic E-state index is 0.410. The fourth-order valence-corrected chi connectivity index (χ4v) is 3.92. The number of amides is 1. The Labute approximate surface area is 221 Å². The van der Waals surface area contributed by atoms with Crippen molar-refractivity contribution in [1.82, 2.24) is 9.88 Å². The van der Waals surface area contributed by atoms with Crippen LogP contribution in [-0.2, 0) is 13.0 Å². The van der Waals surface area contributed by atoms with E-state index in [4.69, 9.17) is 30.2 Å². The van der Waals surface area contributed by atoms with Crippen LogP contribution in [0.15, 0.2) is 77.2 Å². The maximum absolute atomic E-state index is 12.6. The van der Waals surface area contributed by atoms with Gasteiger partial charge >= 0.3 is 6.09 Å². The molecule has 0 bridgehead atoms. The highest BCUT2D eigenvalue weighted by Gasteiger charge is 2.16. The van der Waals surface area contributed by atoms with Gasteiger partial charge in [-0.1, -0.05) is 35.9 Å². The van der Waals surface area contributed by atoms with Gasteiger partial charge in [-0.3, -0.25) is 0 Å². The number of hydrogen-bond acceptors (Lipinski definition) is 6. The molecule has 0 radical (unpaired) electrons. The topological polar surface area (TPSA) is 74.0 Å². The molecule has 0 saturated carbocycles. The average molecular weight is 521 g/mol. The average Bonchev–Trinajstić information content (AvgIpc) is 3.28. The second kappa shape index (κ2) is 12.3. The van der Waals surface area contributed by atoms with Gasteiger partial charge in [0.05, 0.1) is 30.0 Å². The lowest BCUT2D eigenvalue weighted by Crippen LogP contribution is -2.32. The SMILES string of the molecule is CCN(Cc1ccc(OCCc2nc(-c3ccccc3Cl)oc2C)cc1)C(=O)Oc1ccc(OC)cc1. The van der Waals surface area contributed by atoms with Crippen molar-refractivity contribution in [2.75, 3.05) is 20.3 Å². The van der Waals surface area contributed by atoms with Gasteiger partial charge < -0.3 is 23.5 Å². The Bertz CT molecular complexity index is 1320. The zero-order chi connectivity index (χ0) is 26.2. The molecule has 8 heteroatoms. The van der Waals surface area contributed by atoms with E-state index in [2.05, 4.69) is 4.98 Å². The van der Waals surface area contributed by atoms with Gasteiger partial charge in [0.25, 0.3) is 0 Å². The Morgan fingerprint density at radius 3 is 2.32 bits per heavy atom. The molecule has 1 heterocycles. The molecule has 0 unspecified atom stereocenters. The normalized spacial score (nSPS) is 10.7. The lowest BCUT2D eigenvalue weighted by molar-refractivity contribution is 0.152. The van der Waals surface area contributed by atoms with Crippen LogP contribution in [-0.4, -0.2) is 36.2 Å². The first-order chi connectivity index (χ1) is 18.0. The van der Waals surface area contributed by atoms with E-state index in [-0.39, 0.29) is 0 Å². The zero-order valence-corrected chi connectivity index (χ0v) is 21.8. The van der Waals surface area contributed by atoms with Crippen molar-refractivity contribution < 1.29 is 23.4 Å². The Morgan fingerprint density at radius 2 is 1.65 bits per heavy atom. The van der Waals surface area contributed by atoms with E-state index in [9.17, 15) is 4.79 Å². The van der Waals surface area contributed by atoms with Crippen LogP contribution in [0, 0.1) is 6.92 Å². The highest BCUT2D eigenvalue weighted by molar-refractivity contribution is 6.33. The van der Waals surface area contributed by atoms with Crippen molar-refractivity contribution in [2.45, 2.75) is 26.8 Å². The van der Waals surface area contributed by atoms with Crippen LogP contribution in [0.1, 0.15) is 23.9 Å². The van der Waals surface area contributed by atoms with Gasteiger partial charge in [0.1, 0.15) is 23.0 Å². The van der Waals surface area contributed by atoms with E-state index in [0.717, 1.165) is 28.3 Å². The summed E-state index contributed by atoms with van der Waals surface area (Å²) in [5.41, 5.74) is 2.57. The minimum atomic E-state index is -0.410. The number of rotatable bonds is 10. The fraction of sp³-hybridized carbons (Fsp3) is 0.241. The first-order valence-corrected chi connectivity index (χ1v) is 12.4. The van der Waals surface area contributed by atoms with Crippen molar-refractivity contribution in [1.29, 1.82) is 0 Å². The molecule has 3 aromatic carbocycles. The summed E-state index contributed by atoms with van der Waals surface area (Å²) in [7, 11) is 1.59. The van der Waals surface area contributed by atoms with E-state index < -0.39 is 6.09 Å². The van der Waals surface area contributed by atoms with Crippen LogP contribution in [0.25, 0.3) is 11.5 Å². The number of carbonyl (C=O) groups excluding carboxylic acids is 1. The van der Waals surface area contributed by atoms with Crippen molar-refractivity contribution in [3.05, 3.63) is 94.8 Å². The zero-order valence-electron chi connectivity index (χ0n) is 21.1. The molecule has 0 atom stereocenters. The Morgan fingerprint density at radius 1 is 0.973 bits per heavy atom. The summed E-state index contributed by atoms with van der Waals surface area (Å²) >= 11 is 6.26. The van der Waals surface area contributed by atoms with E-state index in [1.165, 1.54) is 0 Å². The molecule has 1 aromatic heterocycles. The highest BCUT2D eigenvalue weighted by Crippen LogP contribution is 2.28. The predicted molar refractivity (Wildman–Crippen MR) is 142 cm³/mol. The predicted octanol–water partition coefficient (Wildman–Crippen LogP) is 6.95. The number of aromatic nitrogens is 1. The number of benzene rings is 3. The number of halogens is 1. The van der Waals surface area contributed by atoms with Gasteiger partial charge in [-0.2, -0.15) is 0 Å².